The third kappa shape index (κ3) is 2.78. The van der Waals surface area contributed by atoms with Crippen LogP contribution in [0.25, 0.3) is 0 Å². The quantitative estimate of drug-likeness (QED) is 0.899. The highest BCUT2D eigenvalue weighted by Crippen LogP contribution is 2.30. The van der Waals surface area contributed by atoms with Gasteiger partial charge in [0.25, 0.3) is 0 Å². The Labute approximate surface area is 121 Å². The number of nitrogens with zero attached hydrogens (tertiary/aromatic N) is 2. The maximum absolute atomic E-state index is 11.5. The highest BCUT2D eigenvalue weighted by atomic mass is 32.2. The number of carboxylic acid groups (broad SMARTS) is 1. The van der Waals surface area contributed by atoms with Gasteiger partial charge in [0.15, 0.2) is 0 Å². The molecule has 1 atom stereocenters. The molecule has 0 saturated heterocycles. The van der Waals surface area contributed by atoms with E-state index in [4.69, 9.17) is 10.1 Å². The van der Waals surface area contributed by atoms with Gasteiger partial charge in [0.1, 0.15) is 0 Å². The van der Waals surface area contributed by atoms with Crippen LogP contribution in [0.2, 0.25) is 0 Å². The normalized spacial score (nSPS) is 20.9. The third-order valence-corrected chi connectivity index (χ3v) is 4.12. The number of benzene rings is 1. The lowest BCUT2D eigenvalue weighted by Crippen LogP contribution is -2.41. The predicted molar refractivity (Wildman–Crippen MR) is 76.8 cm³/mol. The maximum Gasteiger partial charge on any atom is 0.352 e. The number of rotatable bonds is 5. The summed E-state index contributed by atoms with van der Waals surface area (Å²) in [5.74, 6) is 0.162. The van der Waals surface area contributed by atoms with Crippen molar-refractivity contribution < 1.29 is 14.7 Å². The second kappa shape index (κ2) is 5.97. The first kappa shape index (κ1) is 14.4. The molecule has 1 aromatic carbocycles. The van der Waals surface area contributed by atoms with Crippen molar-refractivity contribution in [2.75, 3.05) is 11.5 Å². The summed E-state index contributed by atoms with van der Waals surface area (Å²) in [4.78, 5) is 16.7. The molecular formula is C14H14N2O3S. The van der Waals surface area contributed by atoms with Gasteiger partial charge in [0, 0.05) is 17.7 Å². The molecule has 1 heterocycles. The minimum Gasteiger partial charge on any atom is -0.478 e. The standard InChI is InChI=1S/C14H14N2O3S/c1-2-20-9-14(13(17)18)7-12(16-19-14)11-5-3-4-10(6-11)8-15/h3-6H,2,7,9H2,1H3,(H,17,18). The molecule has 1 N–H and O–H groups in total. The van der Waals surface area contributed by atoms with Gasteiger partial charge < -0.3 is 9.94 Å². The number of carboxylic acids is 1. The predicted octanol–water partition coefficient (Wildman–Crippen LogP) is 2.26. The fraction of sp³-hybridized carbons (Fsp3) is 0.357. The monoisotopic (exact) mass is 290 g/mol. The molecule has 0 radical (unpaired) electrons. The van der Waals surface area contributed by atoms with Gasteiger partial charge in [0.2, 0.25) is 5.60 Å². The fourth-order valence-corrected chi connectivity index (χ4v) is 2.73. The lowest BCUT2D eigenvalue weighted by molar-refractivity contribution is -0.159. The zero-order valence-electron chi connectivity index (χ0n) is 11.0. The van der Waals surface area contributed by atoms with Crippen LogP contribution in [-0.2, 0) is 9.63 Å². The van der Waals surface area contributed by atoms with Gasteiger partial charge in [-0.1, -0.05) is 24.2 Å². The number of nitriles is 1. The molecule has 0 spiro atoms. The zero-order chi connectivity index (χ0) is 14.6. The fourth-order valence-electron chi connectivity index (χ4n) is 1.92. The van der Waals surface area contributed by atoms with Crippen molar-refractivity contribution in [2.45, 2.75) is 18.9 Å². The molecule has 1 aromatic rings. The summed E-state index contributed by atoms with van der Waals surface area (Å²) in [5, 5.41) is 22.2. The van der Waals surface area contributed by atoms with Gasteiger partial charge in [0.05, 0.1) is 17.3 Å². The number of aliphatic carboxylic acids is 1. The number of thioether (sulfide) groups is 1. The Balaban J connectivity index is 2.21. The molecule has 20 heavy (non-hydrogen) atoms. The van der Waals surface area contributed by atoms with E-state index < -0.39 is 11.6 Å². The van der Waals surface area contributed by atoms with E-state index >= 15 is 0 Å². The summed E-state index contributed by atoms with van der Waals surface area (Å²) in [6.07, 6.45) is 0.213. The molecule has 0 aromatic heterocycles. The third-order valence-electron chi connectivity index (χ3n) is 3.04. The van der Waals surface area contributed by atoms with Crippen LogP contribution >= 0.6 is 11.8 Å². The molecule has 0 fully saturated rings. The van der Waals surface area contributed by atoms with Crippen molar-refractivity contribution in [2.24, 2.45) is 5.16 Å². The van der Waals surface area contributed by atoms with Crippen molar-refractivity contribution in [3.63, 3.8) is 0 Å². The molecule has 0 aliphatic carbocycles. The minimum absolute atomic E-state index is 0.213. The number of oxime groups is 1. The molecule has 104 valence electrons. The van der Waals surface area contributed by atoms with Crippen molar-refractivity contribution in [1.29, 1.82) is 5.26 Å². The number of hydrogen-bond acceptors (Lipinski definition) is 5. The van der Waals surface area contributed by atoms with Gasteiger partial charge in [-0.2, -0.15) is 17.0 Å². The van der Waals surface area contributed by atoms with Crippen molar-refractivity contribution >= 4 is 23.4 Å². The van der Waals surface area contributed by atoms with Crippen molar-refractivity contribution in [3.8, 4) is 6.07 Å². The summed E-state index contributed by atoms with van der Waals surface area (Å²) >= 11 is 1.51. The van der Waals surface area contributed by atoms with Crippen molar-refractivity contribution in [1.82, 2.24) is 0 Å². The summed E-state index contributed by atoms with van der Waals surface area (Å²) in [6.45, 7) is 1.97. The second-order valence-corrected chi connectivity index (χ2v) is 5.71. The number of carbonyl (C=O) groups is 1. The Morgan fingerprint density at radius 1 is 1.65 bits per heavy atom. The average Bonchev–Trinajstić information content (AvgIpc) is 2.91. The molecule has 0 bridgehead atoms. The summed E-state index contributed by atoms with van der Waals surface area (Å²) in [6, 6.07) is 8.98. The molecule has 1 aliphatic rings. The Hall–Kier alpha value is -2.00. The van der Waals surface area contributed by atoms with Crippen LogP contribution in [0.15, 0.2) is 29.4 Å². The van der Waals surface area contributed by atoms with Crippen molar-refractivity contribution in [3.05, 3.63) is 35.4 Å². The first-order valence-corrected chi connectivity index (χ1v) is 7.33. The van der Waals surface area contributed by atoms with Gasteiger partial charge in [-0.15, -0.1) is 0 Å². The maximum atomic E-state index is 11.5. The van der Waals surface area contributed by atoms with Crippen LogP contribution in [0.1, 0.15) is 24.5 Å². The second-order valence-electron chi connectivity index (χ2n) is 4.44. The van der Waals surface area contributed by atoms with E-state index in [-0.39, 0.29) is 6.42 Å². The van der Waals surface area contributed by atoms with E-state index in [9.17, 15) is 9.90 Å². The summed E-state index contributed by atoms with van der Waals surface area (Å²) in [5.41, 5.74) is 0.523. The van der Waals surface area contributed by atoms with Gasteiger partial charge in [-0.25, -0.2) is 4.79 Å². The van der Waals surface area contributed by atoms with E-state index in [1.807, 2.05) is 6.92 Å². The first-order valence-electron chi connectivity index (χ1n) is 6.18. The molecule has 6 heteroatoms. The molecule has 1 aliphatic heterocycles. The number of hydrogen-bond donors (Lipinski definition) is 1. The van der Waals surface area contributed by atoms with Crippen LogP contribution in [-0.4, -0.2) is 33.9 Å². The smallest absolute Gasteiger partial charge is 0.352 e. The molecular weight excluding hydrogens is 276 g/mol. The highest BCUT2D eigenvalue weighted by molar-refractivity contribution is 7.99. The molecule has 0 saturated carbocycles. The molecule has 5 nitrogen and oxygen atoms in total. The van der Waals surface area contributed by atoms with E-state index in [1.165, 1.54) is 11.8 Å². The average molecular weight is 290 g/mol. The zero-order valence-corrected chi connectivity index (χ0v) is 11.8. The Morgan fingerprint density at radius 2 is 2.45 bits per heavy atom. The van der Waals surface area contributed by atoms with Crippen LogP contribution in [0, 0.1) is 11.3 Å². The topological polar surface area (TPSA) is 82.7 Å². The van der Waals surface area contributed by atoms with Crippen LogP contribution in [0.5, 0.6) is 0 Å². The lowest BCUT2D eigenvalue weighted by Gasteiger charge is -2.20. The summed E-state index contributed by atoms with van der Waals surface area (Å²) in [7, 11) is 0. The Kier molecular flexibility index (Phi) is 4.30. The lowest BCUT2D eigenvalue weighted by atomic mass is 9.95. The minimum atomic E-state index is -1.29. The van der Waals surface area contributed by atoms with E-state index in [0.29, 0.717) is 17.0 Å². The Bertz CT molecular complexity index is 594. The summed E-state index contributed by atoms with van der Waals surface area (Å²) < 4.78 is 0. The van der Waals surface area contributed by atoms with Crippen LogP contribution < -0.4 is 0 Å². The largest absolute Gasteiger partial charge is 0.478 e. The van der Waals surface area contributed by atoms with E-state index in [2.05, 4.69) is 11.2 Å². The van der Waals surface area contributed by atoms with E-state index in [1.54, 1.807) is 24.3 Å². The SMILES string of the molecule is CCSCC1(C(=O)O)CC(c2cccc(C#N)c2)=NO1. The first-order chi connectivity index (χ1) is 9.61. The van der Waals surface area contributed by atoms with Gasteiger partial charge in [-0.05, 0) is 17.9 Å². The highest BCUT2D eigenvalue weighted by Gasteiger charge is 2.46. The van der Waals surface area contributed by atoms with Gasteiger partial charge in [-0.3, -0.25) is 0 Å². The molecule has 0 amide bonds. The van der Waals surface area contributed by atoms with Crippen LogP contribution in [0.3, 0.4) is 0 Å². The van der Waals surface area contributed by atoms with Gasteiger partial charge >= 0.3 is 5.97 Å². The molecule has 2 rings (SSSR count). The molecule has 1 unspecified atom stereocenters. The Morgan fingerprint density at radius 3 is 3.10 bits per heavy atom. The van der Waals surface area contributed by atoms with E-state index in [0.717, 1.165) is 11.3 Å². The van der Waals surface area contributed by atoms with Crippen LogP contribution in [0.4, 0.5) is 0 Å².